The summed E-state index contributed by atoms with van der Waals surface area (Å²) in [6, 6.07) is 10.4. The number of aromatic hydroxyl groups is 1. The van der Waals surface area contributed by atoms with E-state index in [2.05, 4.69) is 10.3 Å². The summed E-state index contributed by atoms with van der Waals surface area (Å²) in [5, 5.41) is 13.8. The second-order valence-electron chi connectivity index (χ2n) is 4.07. The fraction of sp³-hybridized carbons (Fsp3) is 0. The lowest BCUT2D eigenvalue weighted by molar-refractivity contribution is 0.102. The van der Waals surface area contributed by atoms with Gasteiger partial charge in [-0.15, -0.1) is 11.3 Å². The Morgan fingerprint density at radius 3 is 2.80 bits per heavy atom. The van der Waals surface area contributed by atoms with Crippen molar-refractivity contribution in [3.8, 4) is 5.75 Å². The zero-order chi connectivity index (χ0) is 14.1. The topological polar surface area (TPSA) is 62.2 Å². The SMILES string of the molecule is O=C(Nc1ccccc1Cl)c1sc2ncccc2c1O. The quantitative estimate of drug-likeness (QED) is 0.754. The third kappa shape index (κ3) is 2.21. The van der Waals surface area contributed by atoms with Gasteiger partial charge in [-0.1, -0.05) is 23.7 Å². The third-order valence-electron chi connectivity index (χ3n) is 2.77. The minimum absolute atomic E-state index is 0.0531. The normalized spacial score (nSPS) is 10.7. The van der Waals surface area contributed by atoms with Gasteiger partial charge in [-0.25, -0.2) is 4.98 Å². The number of halogens is 1. The fourth-order valence-electron chi connectivity index (χ4n) is 1.82. The van der Waals surface area contributed by atoms with Crippen molar-refractivity contribution in [3.63, 3.8) is 0 Å². The maximum absolute atomic E-state index is 12.2. The number of fused-ring (bicyclic) bond motifs is 1. The van der Waals surface area contributed by atoms with E-state index in [-0.39, 0.29) is 10.6 Å². The molecule has 0 spiro atoms. The number of nitrogens with zero attached hydrogens (tertiary/aromatic N) is 1. The van der Waals surface area contributed by atoms with Crippen molar-refractivity contribution in [2.75, 3.05) is 5.32 Å². The Morgan fingerprint density at radius 1 is 1.25 bits per heavy atom. The van der Waals surface area contributed by atoms with Crippen molar-refractivity contribution in [2.24, 2.45) is 0 Å². The zero-order valence-corrected chi connectivity index (χ0v) is 11.7. The summed E-state index contributed by atoms with van der Waals surface area (Å²) in [6.07, 6.45) is 1.62. The summed E-state index contributed by atoms with van der Waals surface area (Å²) >= 11 is 7.13. The van der Waals surface area contributed by atoms with E-state index in [1.54, 1.807) is 42.6 Å². The Bertz CT molecular complexity index is 801. The number of carbonyl (C=O) groups excluding carboxylic acids is 1. The summed E-state index contributed by atoms with van der Waals surface area (Å²) in [6.45, 7) is 0. The van der Waals surface area contributed by atoms with Crippen LogP contribution in [0.15, 0.2) is 42.6 Å². The van der Waals surface area contributed by atoms with Gasteiger partial charge in [0.2, 0.25) is 0 Å². The van der Waals surface area contributed by atoms with Crippen LogP contribution in [0, 0.1) is 0 Å². The predicted molar refractivity (Wildman–Crippen MR) is 80.7 cm³/mol. The molecule has 3 aromatic rings. The van der Waals surface area contributed by atoms with Crippen LogP contribution >= 0.6 is 22.9 Å². The summed E-state index contributed by atoms with van der Waals surface area (Å²) in [5.74, 6) is -0.457. The molecule has 0 saturated carbocycles. The number of benzene rings is 1. The molecule has 3 rings (SSSR count). The van der Waals surface area contributed by atoms with Gasteiger partial charge in [0.15, 0.2) is 0 Å². The van der Waals surface area contributed by atoms with Crippen LogP contribution in [0.2, 0.25) is 5.02 Å². The molecule has 20 heavy (non-hydrogen) atoms. The molecule has 1 amide bonds. The molecule has 4 nitrogen and oxygen atoms in total. The lowest BCUT2D eigenvalue weighted by Gasteiger charge is -2.05. The minimum atomic E-state index is -0.404. The van der Waals surface area contributed by atoms with Crippen LogP contribution in [0.4, 0.5) is 5.69 Å². The predicted octanol–water partition coefficient (Wildman–Crippen LogP) is 3.91. The van der Waals surface area contributed by atoms with Gasteiger partial charge in [0.25, 0.3) is 5.91 Å². The Balaban J connectivity index is 1.97. The highest BCUT2D eigenvalue weighted by Crippen LogP contribution is 2.36. The molecule has 0 aliphatic carbocycles. The minimum Gasteiger partial charge on any atom is -0.506 e. The van der Waals surface area contributed by atoms with E-state index in [0.717, 1.165) is 11.3 Å². The second-order valence-corrected chi connectivity index (χ2v) is 5.48. The number of aromatic nitrogens is 1. The molecule has 0 aliphatic heterocycles. The fourth-order valence-corrected chi connectivity index (χ4v) is 2.93. The average molecular weight is 305 g/mol. The standard InChI is InChI=1S/C14H9ClN2O2S/c15-9-5-1-2-6-10(9)17-13(19)12-11(18)8-4-3-7-16-14(8)20-12/h1-7,18H,(H,17,19). The summed E-state index contributed by atoms with van der Waals surface area (Å²) in [4.78, 5) is 17.2. The molecule has 0 unspecified atom stereocenters. The first-order valence-corrected chi connectivity index (χ1v) is 6.98. The molecule has 0 aliphatic rings. The molecule has 0 saturated heterocycles. The molecule has 100 valence electrons. The van der Waals surface area contributed by atoms with E-state index in [0.29, 0.717) is 20.9 Å². The van der Waals surface area contributed by atoms with Crippen LogP contribution in [0.3, 0.4) is 0 Å². The Hall–Kier alpha value is -2.11. The molecule has 2 N–H and O–H groups in total. The second kappa shape index (κ2) is 5.11. The van der Waals surface area contributed by atoms with Crippen LogP contribution in [-0.4, -0.2) is 16.0 Å². The van der Waals surface area contributed by atoms with E-state index in [1.807, 2.05) is 0 Å². The third-order valence-corrected chi connectivity index (χ3v) is 4.20. The molecule has 0 atom stereocenters. The Morgan fingerprint density at radius 2 is 2.05 bits per heavy atom. The van der Waals surface area contributed by atoms with Crippen molar-refractivity contribution < 1.29 is 9.90 Å². The van der Waals surface area contributed by atoms with Crippen LogP contribution in [0.1, 0.15) is 9.67 Å². The average Bonchev–Trinajstić information content (AvgIpc) is 2.79. The van der Waals surface area contributed by atoms with Gasteiger partial charge in [-0.05, 0) is 24.3 Å². The first-order chi connectivity index (χ1) is 9.66. The summed E-state index contributed by atoms with van der Waals surface area (Å²) < 4.78 is 0. The van der Waals surface area contributed by atoms with Crippen molar-refractivity contribution in [2.45, 2.75) is 0 Å². The molecule has 0 bridgehead atoms. The molecular formula is C14H9ClN2O2S. The molecule has 2 aromatic heterocycles. The number of para-hydroxylation sites is 1. The Kier molecular flexibility index (Phi) is 3.30. The first kappa shape index (κ1) is 12.9. The number of carbonyl (C=O) groups is 1. The van der Waals surface area contributed by atoms with Gasteiger partial charge >= 0.3 is 0 Å². The molecule has 0 radical (unpaired) electrons. The van der Waals surface area contributed by atoms with Crippen molar-refractivity contribution >= 4 is 44.7 Å². The number of hydrogen-bond donors (Lipinski definition) is 2. The molecular weight excluding hydrogens is 296 g/mol. The summed E-state index contributed by atoms with van der Waals surface area (Å²) in [5.41, 5.74) is 0.504. The monoisotopic (exact) mass is 304 g/mol. The number of rotatable bonds is 2. The van der Waals surface area contributed by atoms with E-state index in [1.165, 1.54) is 0 Å². The number of pyridine rings is 1. The number of amides is 1. The highest BCUT2D eigenvalue weighted by Gasteiger charge is 2.19. The van der Waals surface area contributed by atoms with Crippen LogP contribution in [0.5, 0.6) is 5.75 Å². The van der Waals surface area contributed by atoms with Gasteiger partial charge in [0.1, 0.15) is 15.5 Å². The molecule has 0 fully saturated rings. The highest BCUT2D eigenvalue weighted by molar-refractivity contribution is 7.21. The molecule has 6 heteroatoms. The van der Waals surface area contributed by atoms with Crippen LogP contribution in [0.25, 0.3) is 10.2 Å². The largest absolute Gasteiger partial charge is 0.506 e. The van der Waals surface area contributed by atoms with Gasteiger partial charge in [0, 0.05) is 6.20 Å². The number of hydrogen-bond acceptors (Lipinski definition) is 4. The maximum Gasteiger partial charge on any atom is 0.269 e. The first-order valence-electron chi connectivity index (χ1n) is 5.79. The van der Waals surface area contributed by atoms with Gasteiger partial charge in [-0.3, -0.25) is 4.79 Å². The van der Waals surface area contributed by atoms with Crippen molar-refractivity contribution in [3.05, 3.63) is 52.5 Å². The lowest BCUT2D eigenvalue weighted by atomic mass is 10.2. The molecule has 2 heterocycles. The Labute approximate surface area is 123 Å². The summed E-state index contributed by atoms with van der Waals surface area (Å²) in [7, 11) is 0. The zero-order valence-electron chi connectivity index (χ0n) is 10.1. The molecule has 1 aromatic carbocycles. The van der Waals surface area contributed by atoms with Crippen molar-refractivity contribution in [1.29, 1.82) is 0 Å². The number of thiophene rings is 1. The van der Waals surface area contributed by atoms with Crippen LogP contribution < -0.4 is 5.32 Å². The van der Waals surface area contributed by atoms with Gasteiger partial charge in [-0.2, -0.15) is 0 Å². The van der Waals surface area contributed by atoms with Crippen molar-refractivity contribution in [1.82, 2.24) is 4.98 Å². The number of anilines is 1. The maximum atomic E-state index is 12.2. The van der Waals surface area contributed by atoms with E-state index >= 15 is 0 Å². The van der Waals surface area contributed by atoms with Crippen LogP contribution in [-0.2, 0) is 0 Å². The smallest absolute Gasteiger partial charge is 0.269 e. The van der Waals surface area contributed by atoms with E-state index < -0.39 is 5.91 Å². The van der Waals surface area contributed by atoms with E-state index in [4.69, 9.17) is 11.6 Å². The number of nitrogens with one attached hydrogen (secondary N) is 1. The van der Waals surface area contributed by atoms with E-state index in [9.17, 15) is 9.90 Å². The van der Waals surface area contributed by atoms with Gasteiger partial charge < -0.3 is 10.4 Å². The highest BCUT2D eigenvalue weighted by atomic mass is 35.5. The van der Waals surface area contributed by atoms with Gasteiger partial charge in [0.05, 0.1) is 16.1 Å². The lowest BCUT2D eigenvalue weighted by Crippen LogP contribution is -2.10.